The molecule has 42 heavy (non-hydrogen) atoms. The zero-order valence-electron chi connectivity index (χ0n) is 23.6. The number of methoxy groups -OCH3 is 1. The van der Waals surface area contributed by atoms with Crippen LogP contribution in [0.1, 0.15) is 27.8 Å². The Morgan fingerprint density at radius 2 is 1.38 bits per heavy atom. The molecule has 0 radical (unpaired) electrons. The molecule has 0 bridgehead atoms. The summed E-state index contributed by atoms with van der Waals surface area (Å²) in [5.41, 5.74) is 9.72. The summed E-state index contributed by atoms with van der Waals surface area (Å²) in [7, 11) is 3.83. The number of rotatable bonds is 6. The number of aliphatic imine (C=N–C) groups is 1. The average molecular weight is 547 g/mol. The van der Waals surface area contributed by atoms with E-state index in [4.69, 9.17) is 14.5 Å². The van der Waals surface area contributed by atoms with Gasteiger partial charge >= 0.3 is 0 Å². The van der Waals surface area contributed by atoms with E-state index in [9.17, 15) is 0 Å². The Hall–Kier alpha value is -5.35. The van der Waals surface area contributed by atoms with Crippen molar-refractivity contribution in [2.24, 2.45) is 12.0 Å². The molecule has 1 aliphatic heterocycles. The molecule has 4 nitrogen and oxygen atoms in total. The van der Waals surface area contributed by atoms with E-state index in [0.29, 0.717) is 12.4 Å². The van der Waals surface area contributed by atoms with Crippen molar-refractivity contribution in [2.45, 2.75) is 6.54 Å². The summed E-state index contributed by atoms with van der Waals surface area (Å²) in [6.07, 6.45) is 0. The van der Waals surface area contributed by atoms with Gasteiger partial charge in [0.25, 0.3) is 0 Å². The smallest absolute Gasteiger partial charge is 0.223 e. The second kappa shape index (κ2) is 10.9. The van der Waals surface area contributed by atoms with Crippen LogP contribution in [0.5, 0.6) is 5.75 Å². The van der Waals surface area contributed by atoms with Crippen molar-refractivity contribution in [1.82, 2.24) is 4.57 Å². The fourth-order valence-electron chi connectivity index (χ4n) is 5.85. The first-order valence-electron chi connectivity index (χ1n) is 14.1. The Balaban J connectivity index is 1.54. The maximum atomic E-state index is 6.81. The summed E-state index contributed by atoms with van der Waals surface area (Å²) in [5, 5.41) is 1.12. The number of aryl methyl sites for hydroxylation is 1. The molecule has 0 saturated carbocycles. The summed E-state index contributed by atoms with van der Waals surface area (Å²) in [6, 6.07) is 46.0. The molecule has 2 heterocycles. The van der Waals surface area contributed by atoms with Gasteiger partial charge in [0.05, 0.1) is 24.9 Å². The topological polar surface area (TPSA) is 35.8 Å². The lowest BCUT2D eigenvalue weighted by atomic mass is 9.90. The molecule has 0 spiro atoms. The molecule has 6 aromatic rings. The number of nitrogens with zero attached hydrogens (tertiary/aromatic N) is 2. The van der Waals surface area contributed by atoms with Crippen LogP contribution in [0.15, 0.2) is 138 Å². The summed E-state index contributed by atoms with van der Waals surface area (Å²) in [6.45, 7) is 0.543. The molecule has 4 heteroatoms. The van der Waals surface area contributed by atoms with E-state index < -0.39 is 0 Å². The summed E-state index contributed by atoms with van der Waals surface area (Å²) in [5.74, 6) is 2.27. The van der Waals surface area contributed by atoms with Crippen molar-refractivity contribution in [3.63, 3.8) is 0 Å². The van der Waals surface area contributed by atoms with Crippen molar-refractivity contribution < 1.29 is 9.47 Å². The first-order chi connectivity index (χ1) is 20.7. The highest BCUT2D eigenvalue weighted by Gasteiger charge is 2.31. The number of benzene rings is 5. The van der Waals surface area contributed by atoms with E-state index in [0.717, 1.165) is 67.1 Å². The van der Waals surface area contributed by atoms with Crippen molar-refractivity contribution >= 4 is 28.1 Å². The van der Waals surface area contributed by atoms with Gasteiger partial charge < -0.3 is 14.0 Å². The SMILES string of the molecule is COc1ccc2c(/C(=C3\OC(=NCc4ccccc4)c4ccccc43)c3ccccc3)c(-c3ccccc3)n(C)c2c1. The van der Waals surface area contributed by atoms with Crippen molar-refractivity contribution in [1.29, 1.82) is 0 Å². The molecule has 0 saturated heterocycles. The predicted octanol–water partition coefficient (Wildman–Crippen LogP) is 8.75. The Bertz CT molecular complexity index is 1950. The second-order valence-corrected chi connectivity index (χ2v) is 10.4. The molecule has 1 aromatic heterocycles. The van der Waals surface area contributed by atoms with E-state index in [2.05, 4.69) is 109 Å². The highest BCUT2D eigenvalue weighted by molar-refractivity contribution is 6.16. The number of hydrogen-bond acceptors (Lipinski definition) is 3. The van der Waals surface area contributed by atoms with Crippen LogP contribution in [-0.2, 0) is 18.3 Å². The molecule has 0 fully saturated rings. The molecule has 0 aliphatic carbocycles. The van der Waals surface area contributed by atoms with Gasteiger partial charge in [0.15, 0.2) is 0 Å². The standard InChI is InChI=1S/C38H30N2O2/c1-40-33-24-29(41-2)22-23-32(33)35(36(40)28-18-10-5-11-19-28)34(27-16-8-4-9-17-27)37-30-20-12-13-21-31(30)38(42-37)39-25-26-14-6-3-7-15-26/h3-24H,25H2,1-2H3/b37-34-,39-38?. The molecule has 5 aromatic carbocycles. The number of ether oxygens (including phenoxy) is 2. The lowest BCUT2D eigenvalue weighted by Crippen LogP contribution is -2.00. The van der Waals surface area contributed by atoms with Crippen LogP contribution < -0.4 is 4.74 Å². The minimum atomic E-state index is 0.543. The minimum absolute atomic E-state index is 0.543. The van der Waals surface area contributed by atoms with Gasteiger partial charge in [-0.1, -0.05) is 109 Å². The van der Waals surface area contributed by atoms with Gasteiger partial charge in [-0.15, -0.1) is 0 Å². The van der Waals surface area contributed by atoms with Crippen LogP contribution in [0.2, 0.25) is 0 Å². The van der Waals surface area contributed by atoms with Crippen LogP contribution in [0.4, 0.5) is 0 Å². The fourth-order valence-corrected chi connectivity index (χ4v) is 5.85. The van der Waals surface area contributed by atoms with Crippen LogP contribution in [0.25, 0.3) is 33.5 Å². The first-order valence-corrected chi connectivity index (χ1v) is 14.1. The lowest BCUT2D eigenvalue weighted by Gasteiger charge is -2.16. The third kappa shape index (κ3) is 4.47. The Morgan fingerprint density at radius 3 is 2.10 bits per heavy atom. The maximum Gasteiger partial charge on any atom is 0.223 e. The third-order valence-corrected chi connectivity index (χ3v) is 7.84. The van der Waals surface area contributed by atoms with Crippen molar-refractivity contribution in [3.8, 4) is 17.0 Å². The highest BCUT2D eigenvalue weighted by Crippen LogP contribution is 2.46. The number of aromatic nitrogens is 1. The minimum Gasteiger partial charge on any atom is -0.497 e. The van der Waals surface area contributed by atoms with Gasteiger partial charge in [0.1, 0.15) is 11.5 Å². The summed E-state index contributed by atoms with van der Waals surface area (Å²) < 4.78 is 14.7. The molecule has 1 aliphatic rings. The molecule has 0 unspecified atom stereocenters. The molecule has 7 rings (SSSR count). The molecule has 204 valence electrons. The zero-order valence-corrected chi connectivity index (χ0v) is 23.6. The van der Waals surface area contributed by atoms with E-state index in [1.54, 1.807) is 7.11 Å². The van der Waals surface area contributed by atoms with E-state index in [1.165, 1.54) is 0 Å². The lowest BCUT2D eigenvalue weighted by molar-refractivity contribution is 0.415. The molecule has 0 N–H and O–H groups in total. The van der Waals surface area contributed by atoms with Gasteiger partial charge in [-0.25, -0.2) is 4.99 Å². The molecular weight excluding hydrogens is 516 g/mol. The summed E-state index contributed by atoms with van der Waals surface area (Å²) >= 11 is 0. The molecular formula is C38H30N2O2. The monoisotopic (exact) mass is 546 g/mol. The molecule has 0 amide bonds. The Kier molecular flexibility index (Phi) is 6.65. The van der Waals surface area contributed by atoms with Crippen LogP contribution >= 0.6 is 0 Å². The predicted molar refractivity (Wildman–Crippen MR) is 171 cm³/mol. The van der Waals surface area contributed by atoms with Gasteiger partial charge in [-0.05, 0) is 34.9 Å². The summed E-state index contributed by atoms with van der Waals surface area (Å²) in [4.78, 5) is 4.96. The Labute approximate surface area is 245 Å². The van der Waals surface area contributed by atoms with Crippen molar-refractivity contribution in [2.75, 3.05) is 7.11 Å². The largest absolute Gasteiger partial charge is 0.497 e. The first kappa shape index (κ1) is 25.6. The van der Waals surface area contributed by atoms with Crippen LogP contribution in [0, 0.1) is 0 Å². The van der Waals surface area contributed by atoms with Gasteiger partial charge in [-0.2, -0.15) is 0 Å². The van der Waals surface area contributed by atoms with E-state index in [1.807, 2.05) is 36.4 Å². The van der Waals surface area contributed by atoms with E-state index in [-0.39, 0.29) is 0 Å². The normalized spacial score (nSPS) is 14.6. The number of fused-ring (bicyclic) bond motifs is 2. The second-order valence-electron chi connectivity index (χ2n) is 10.4. The quantitative estimate of drug-likeness (QED) is 0.209. The van der Waals surface area contributed by atoms with Gasteiger partial charge in [-0.3, -0.25) is 0 Å². The van der Waals surface area contributed by atoms with Crippen molar-refractivity contribution in [3.05, 3.63) is 161 Å². The van der Waals surface area contributed by atoms with Gasteiger partial charge in [0.2, 0.25) is 5.90 Å². The maximum absolute atomic E-state index is 6.81. The highest BCUT2D eigenvalue weighted by atomic mass is 16.5. The molecule has 0 atom stereocenters. The average Bonchev–Trinajstić information content (AvgIpc) is 3.56. The third-order valence-electron chi connectivity index (χ3n) is 7.84. The zero-order chi connectivity index (χ0) is 28.5. The van der Waals surface area contributed by atoms with E-state index >= 15 is 0 Å². The van der Waals surface area contributed by atoms with Gasteiger partial charge in [0, 0.05) is 40.8 Å². The van der Waals surface area contributed by atoms with Crippen LogP contribution in [0.3, 0.4) is 0 Å². The van der Waals surface area contributed by atoms with Crippen LogP contribution in [-0.4, -0.2) is 17.6 Å². The fraction of sp³-hybridized carbons (Fsp3) is 0.0789. The number of hydrogen-bond donors (Lipinski definition) is 0. The Morgan fingerprint density at radius 1 is 0.738 bits per heavy atom.